The Bertz CT molecular complexity index is 889. The van der Waals surface area contributed by atoms with E-state index < -0.39 is 6.04 Å². The van der Waals surface area contributed by atoms with E-state index in [2.05, 4.69) is 5.32 Å². The van der Waals surface area contributed by atoms with E-state index in [1.165, 1.54) is 6.26 Å². The number of piperidine rings is 1. The lowest BCUT2D eigenvalue weighted by Gasteiger charge is -2.32. The van der Waals surface area contributed by atoms with Crippen molar-refractivity contribution in [2.75, 3.05) is 13.1 Å². The Balaban J connectivity index is 1.69. The normalized spacial score (nSPS) is 17.3. The lowest BCUT2D eigenvalue weighted by Crippen LogP contribution is -2.46. The number of rotatable bonds is 7. The summed E-state index contributed by atoms with van der Waals surface area (Å²) in [6, 6.07) is 10.5. The monoisotopic (exact) mass is 426 g/mol. The molecule has 0 bridgehead atoms. The minimum absolute atomic E-state index is 0.0503. The SMILES string of the molecule is Cc1ccc(C(CC(=O)OC(C)C)NC(=O)C2CCCN(C(=O)c3ccco3)C2)cc1. The molecule has 31 heavy (non-hydrogen) atoms. The number of aryl methyl sites for hydroxylation is 1. The van der Waals surface area contributed by atoms with Crippen molar-refractivity contribution < 1.29 is 23.5 Å². The van der Waals surface area contributed by atoms with Gasteiger partial charge in [-0.1, -0.05) is 29.8 Å². The molecule has 0 spiro atoms. The number of nitrogens with one attached hydrogen (secondary N) is 1. The van der Waals surface area contributed by atoms with Crippen molar-refractivity contribution in [3.63, 3.8) is 0 Å². The Labute approximate surface area is 182 Å². The summed E-state index contributed by atoms with van der Waals surface area (Å²) in [4.78, 5) is 39.6. The smallest absolute Gasteiger partial charge is 0.308 e. The summed E-state index contributed by atoms with van der Waals surface area (Å²) in [6.07, 6.45) is 2.71. The number of amides is 2. The van der Waals surface area contributed by atoms with E-state index in [1.807, 2.05) is 31.2 Å². The molecule has 7 nitrogen and oxygen atoms in total. The summed E-state index contributed by atoms with van der Waals surface area (Å²) in [6.45, 7) is 6.49. The van der Waals surface area contributed by atoms with Crippen molar-refractivity contribution in [1.82, 2.24) is 10.2 Å². The number of furan rings is 1. The summed E-state index contributed by atoms with van der Waals surface area (Å²) in [5, 5.41) is 3.02. The van der Waals surface area contributed by atoms with E-state index >= 15 is 0 Å². The van der Waals surface area contributed by atoms with Crippen molar-refractivity contribution in [2.45, 2.75) is 52.2 Å². The molecule has 166 valence electrons. The van der Waals surface area contributed by atoms with E-state index in [0.717, 1.165) is 17.5 Å². The van der Waals surface area contributed by atoms with Crippen LogP contribution >= 0.6 is 0 Å². The second-order valence-corrected chi connectivity index (χ2v) is 8.28. The molecule has 1 fully saturated rings. The van der Waals surface area contributed by atoms with E-state index in [1.54, 1.807) is 30.9 Å². The predicted molar refractivity (Wildman–Crippen MR) is 115 cm³/mol. The third-order valence-corrected chi connectivity index (χ3v) is 5.35. The van der Waals surface area contributed by atoms with Crippen LogP contribution in [0.3, 0.4) is 0 Å². The maximum atomic E-state index is 13.1. The number of hydrogen-bond acceptors (Lipinski definition) is 5. The van der Waals surface area contributed by atoms with Crippen LogP contribution in [0.4, 0.5) is 0 Å². The standard InChI is InChI=1S/C24H30N2O5/c1-16(2)31-22(27)14-20(18-10-8-17(3)9-11-18)25-23(28)19-6-4-12-26(15-19)24(29)21-7-5-13-30-21/h5,7-11,13,16,19-20H,4,6,12,14-15H2,1-3H3,(H,25,28). The number of hydrogen-bond donors (Lipinski definition) is 1. The molecular weight excluding hydrogens is 396 g/mol. The molecule has 1 aromatic carbocycles. The molecule has 2 heterocycles. The van der Waals surface area contributed by atoms with E-state index in [9.17, 15) is 14.4 Å². The van der Waals surface area contributed by atoms with Gasteiger partial charge in [0, 0.05) is 13.1 Å². The minimum Gasteiger partial charge on any atom is -0.463 e. The van der Waals surface area contributed by atoms with E-state index in [0.29, 0.717) is 19.5 Å². The number of nitrogens with zero attached hydrogens (tertiary/aromatic N) is 1. The van der Waals surface area contributed by atoms with Gasteiger partial charge in [-0.3, -0.25) is 14.4 Å². The van der Waals surface area contributed by atoms with Gasteiger partial charge < -0.3 is 19.4 Å². The predicted octanol–water partition coefficient (Wildman–Crippen LogP) is 3.64. The van der Waals surface area contributed by atoms with Gasteiger partial charge in [0.2, 0.25) is 5.91 Å². The van der Waals surface area contributed by atoms with E-state index in [4.69, 9.17) is 9.15 Å². The van der Waals surface area contributed by atoms with Gasteiger partial charge >= 0.3 is 5.97 Å². The first-order chi connectivity index (χ1) is 14.8. The van der Waals surface area contributed by atoms with Gasteiger partial charge in [-0.05, 0) is 51.3 Å². The zero-order chi connectivity index (χ0) is 22.4. The minimum atomic E-state index is -0.490. The fourth-order valence-corrected chi connectivity index (χ4v) is 3.75. The molecule has 1 aliphatic heterocycles. The maximum absolute atomic E-state index is 13.1. The highest BCUT2D eigenvalue weighted by Crippen LogP contribution is 2.23. The molecule has 3 rings (SSSR count). The van der Waals surface area contributed by atoms with Crippen molar-refractivity contribution >= 4 is 17.8 Å². The van der Waals surface area contributed by atoms with Gasteiger partial charge in [0.1, 0.15) is 0 Å². The molecule has 2 amide bonds. The molecule has 0 aliphatic carbocycles. The van der Waals surface area contributed by atoms with Crippen molar-refractivity contribution in [1.29, 1.82) is 0 Å². The molecule has 2 atom stereocenters. The third kappa shape index (κ3) is 6.20. The fraction of sp³-hybridized carbons (Fsp3) is 0.458. The Morgan fingerprint density at radius 3 is 2.58 bits per heavy atom. The molecule has 7 heteroatoms. The first-order valence-corrected chi connectivity index (χ1v) is 10.7. The maximum Gasteiger partial charge on any atom is 0.308 e. The topological polar surface area (TPSA) is 88.9 Å². The average molecular weight is 427 g/mol. The van der Waals surface area contributed by atoms with Crippen LogP contribution in [-0.4, -0.2) is 41.9 Å². The van der Waals surface area contributed by atoms with Crippen molar-refractivity contribution in [3.05, 3.63) is 59.5 Å². The van der Waals surface area contributed by atoms with Crippen LogP contribution in [0.25, 0.3) is 0 Å². The van der Waals surface area contributed by atoms with Crippen LogP contribution in [-0.2, 0) is 14.3 Å². The second-order valence-electron chi connectivity index (χ2n) is 8.28. The Morgan fingerprint density at radius 1 is 1.19 bits per heavy atom. The molecule has 0 radical (unpaired) electrons. The zero-order valence-corrected chi connectivity index (χ0v) is 18.3. The van der Waals surface area contributed by atoms with Crippen LogP contribution in [0.1, 0.15) is 60.8 Å². The first-order valence-electron chi connectivity index (χ1n) is 10.7. The summed E-state index contributed by atoms with van der Waals surface area (Å²) in [7, 11) is 0. The zero-order valence-electron chi connectivity index (χ0n) is 18.3. The average Bonchev–Trinajstić information content (AvgIpc) is 3.27. The summed E-state index contributed by atoms with van der Waals surface area (Å²) < 4.78 is 10.5. The van der Waals surface area contributed by atoms with Gasteiger partial charge in [0.25, 0.3) is 5.91 Å². The van der Waals surface area contributed by atoms with Gasteiger partial charge in [-0.15, -0.1) is 0 Å². The van der Waals surface area contributed by atoms with Crippen LogP contribution in [0, 0.1) is 12.8 Å². The van der Waals surface area contributed by atoms with Crippen LogP contribution in [0.15, 0.2) is 47.1 Å². The highest BCUT2D eigenvalue weighted by molar-refractivity contribution is 5.92. The summed E-state index contributed by atoms with van der Waals surface area (Å²) in [5.74, 6) is -0.811. The molecule has 2 unspecified atom stereocenters. The number of benzene rings is 1. The lowest BCUT2D eigenvalue weighted by molar-refractivity contribution is -0.148. The fourth-order valence-electron chi connectivity index (χ4n) is 3.75. The summed E-state index contributed by atoms with van der Waals surface area (Å²) >= 11 is 0. The largest absolute Gasteiger partial charge is 0.463 e. The highest BCUT2D eigenvalue weighted by Gasteiger charge is 2.31. The van der Waals surface area contributed by atoms with Gasteiger partial charge in [0.05, 0.1) is 30.7 Å². The Morgan fingerprint density at radius 2 is 1.94 bits per heavy atom. The first kappa shape index (κ1) is 22.6. The molecule has 1 N–H and O–H groups in total. The molecule has 1 aliphatic rings. The van der Waals surface area contributed by atoms with Crippen molar-refractivity contribution in [2.24, 2.45) is 5.92 Å². The van der Waals surface area contributed by atoms with E-state index in [-0.39, 0.29) is 42.0 Å². The van der Waals surface area contributed by atoms with Gasteiger partial charge in [-0.25, -0.2) is 0 Å². The number of ether oxygens (including phenoxy) is 1. The molecular formula is C24H30N2O5. The van der Waals surface area contributed by atoms with Crippen LogP contribution in [0.5, 0.6) is 0 Å². The van der Waals surface area contributed by atoms with Gasteiger partial charge in [-0.2, -0.15) is 0 Å². The Hall–Kier alpha value is -3.09. The van der Waals surface area contributed by atoms with Crippen LogP contribution < -0.4 is 5.32 Å². The number of carbonyl (C=O) groups excluding carboxylic acids is 3. The number of likely N-dealkylation sites (tertiary alicyclic amines) is 1. The molecule has 1 saturated heterocycles. The summed E-state index contributed by atoms with van der Waals surface area (Å²) in [5.41, 5.74) is 1.94. The number of carbonyl (C=O) groups is 3. The van der Waals surface area contributed by atoms with Crippen molar-refractivity contribution in [3.8, 4) is 0 Å². The number of esters is 1. The third-order valence-electron chi connectivity index (χ3n) is 5.35. The second kappa shape index (κ2) is 10.3. The lowest BCUT2D eigenvalue weighted by atomic mass is 9.95. The quantitative estimate of drug-likeness (QED) is 0.683. The highest BCUT2D eigenvalue weighted by atomic mass is 16.5. The molecule has 2 aromatic rings. The molecule has 1 aromatic heterocycles. The van der Waals surface area contributed by atoms with Gasteiger partial charge in [0.15, 0.2) is 5.76 Å². The van der Waals surface area contributed by atoms with Crippen LogP contribution in [0.2, 0.25) is 0 Å². The molecule has 0 saturated carbocycles. The Kier molecular flexibility index (Phi) is 7.50.